The third-order valence-electron chi connectivity index (χ3n) is 7.63. The normalized spacial score (nSPS) is 21.0. The highest BCUT2D eigenvalue weighted by Crippen LogP contribution is 2.34. The fourth-order valence-electron chi connectivity index (χ4n) is 5.74. The number of rotatable bonds is 7. The number of alkyl halides is 1. The molecule has 2 aliphatic rings. The van der Waals surface area contributed by atoms with Crippen LogP contribution in [0.15, 0.2) is 42.9 Å². The summed E-state index contributed by atoms with van der Waals surface area (Å²) in [7, 11) is 3.32. The first kappa shape index (κ1) is 26.5. The van der Waals surface area contributed by atoms with Crippen LogP contribution in [-0.2, 0) is 11.8 Å². The van der Waals surface area contributed by atoms with Crippen LogP contribution in [-0.4, -0.2) is 96.6 Å². The molecule has 2 fully saturated rings. The first-order chi connectivity index (χ1) is 19.8. The van der Waals surface area contributed by atoms with Crippen molar-refractivity contribution in [2.45, 2.75) is 31.1 Å². The Morgan fingerprint density at radius 1 is 1.22 bits per heavy atom. The summed E-state index contributed by atoms with van der Waals surface area (Å²) < 4.78 is 21.4. The standard InChI is InChI=1S/C27H30FN9O4/c1-35-14-21(25(34-35)41-2)33-26-29-8-6-19(32-26)18-11-30-23-17(18)4-3-5-20(23)31-24(38)22-10-15(28)12-37(22)16-7-9-36(13-16)27(39)40/h3-6,8,11,14-16,22,30H,7,9-10,12-13H2,1-2H3,(H,31,38)(H,39,40)(H,29,32,33)/t15-,16?,22+/m0/s1. The molecule has 2 amide bonds. The summed E-state index contributed by atoms with van der Waals surface area (Å²) in [6.45, 7) is 0.759. The summed E-state index contributed by atoms with van der Waals surface area (Å²) in [5.41, 5.74) is 3.36. The van der Waals surface area contributed by atoms with Gasteiger partial charge in [0, 0.05) is 62.5 Å². The van der Waals surface area contributed by atoms with E-state index in [4.69, 9.17) is 4.74 Å². The second-order valence-electron chi connectivity index (χ2n) is 10.3. The van der Waals surface area contributed by atoms with Gasteiger partial charge in [-0.1, -0.05) is 12.1 Å². The van der Waals surface area contributed by atoms with Crippen molar-refractivity contribution in [1.82, 2.24) is 34.5 Å². The Hall–Kier alpha value is -4.72. The molecule has 14 heteroatoms. The summed E-state index contributed by atoms with van der Waals surface area (Å²) in [6, 6.07) is 6.46. The van der Waals surface area contributed by atoms with Gasteiger partial charge in [0.05, 0.1) is 36.2 Å². The summed E-state index contributed by atoms with van der Waals surface area (Å²) in [5, 5.41) is 20.5. The Balaban J connectivity index is 1.22. The number of aromatic amines is 1. The zero-order chi connectivity index (χ0) is 28.7. The number of hydrogen-bond acceptors (Lipinski definition) is 8. The number of aryl methyl sites for hydroxylation is 1. The summed E-state index contributed by atoms with van der Waals surface area (Å²) in [4.78, 5) is 40.2. The first-order valence-electron chi connectivity index (χ1n) is 13.3. The number of para-hydroxylation sites is 1. The molecule has 1 unspecified atom stereocenters. The predicted molar refractivity (Wildman–Crippen MR) is 149 cm³/mol. The zero-order valence-electron chi connectivity index (χ0n) is 22.5. The molecular formula is C27H30FN9O4. The number of nitrogens with zero attached hydrogens (tertiary/aromatic N) is 6. The fourth-order valence-corrected chi connectivity index (χ4v) is 5.74. The van der Waals surface area contributed by atoms with E-state index in [0.717, 1.165) is 10.9 Å². The lowest BCUT2D eigenvalue weighted by Crippen LogP contribution is -2.46. The number of halogens is 1. The Kier molecular flexibility index (Phi) is 6.91. The summed E-state index contributed by atoms with van der Waals surface area (Å²) >= 11 is 0. The van der Waals surface area contributed by atoms with Crippen molar-refractivity contribution < 1.29 is 23.8 Å². The summed E-state index contributed by atoms with van der Waals surface area (Å²) in [6.07, 6.45) is 3.72. The topological polar surface area (TPSA) is 154 Å². The van der Waals surface area contributed by atoms with E-state index in [1.54, 1.807) is 36.3 Å². The molecule has 2 aliphatic heterocycles. The van der Waals surface area contributed by atoms with Crippen LogP contribution < -0.4 is 15.4 Å². The maximum absolute atomic E-state index is 14.5. The molecule has 2 saturated heterocycles. The lowest BCUT2D eigenvalue weighted by atomic mass is 10.1. The first-order valence-corrected chi connectivity index (χ1v) is 13.3. The average Bonchev–Trinajstić information content (AvgIpc) is 3.74. The number of carbonyl (C=O) groups excluding carboxylic acids is 1. The highest BCUT2D eigenvalue weighted by Gasteiger charge is 2.43. The third kappa shape index (κ3) is 5.13. The highest BCUT2D eigenvalue weighted by atomic mass is 19.1. The number of methoxy groups -OCH3 is 1. The molecule has 5 heterocycles. The molecule has 13 nitrogen and oxygen atoms in total. The second kappa shape index (κ2) is 10.7. The molecule has 0 spiro atoms. The number of hydrogen-bond donors (Lipinski definition) is 4. The van der Waals surface area contributed by atoms with Crippen LogP contribution in [0.1, 0.15) is 12.8 Å². The summed E-state index contributed by atoms with van der Waals surface area (Å²) in [5.74, 6) is 0.464. The molecule has 0 radical (unpaired) electrons. The van der Waals surface area contributed by atoms with Gasteiger partial charge in [-0.15, -0.1) is 5.10 Å². The molecule has 4 aromatic rings. The molecule has 41 heavy (non-hydrogen) atoms. The Labute approximate surface area is 234 Å². The van der Waals surface area contributed by atoms with Crippen molar-refractivity contribution in [1.29, 1.82) is 0 Å². The minimum absolute atomic E-state index is 0.0692. The fraction of sp³-hybridized carbons (Fsp3) is 0.370. The van der Waals surface area contributed by atoms with Gasteiger partial charge in [0.15, 0.2) is 0 Å². The third-order valence-corrected chi connectivity index (χ3v) is 7.63. The number of H-pyrrole nitrogens is 1. The maximum Gasteiger partial charge on any atom is 0.407 e. The molecular weight excluding hydrogens is 533 g/mol. The lowest BCUT2D eigenvalue weighted by molar-refractivity contribution is -0.121. The number of benzene rings is 1. The van der Waals surface area contributed by atoms with Crippen molar-refractivity contribution in [3.8, 4) is 17.1 Å². The average molecular weight is 564 g/mol. The molecule has 1 aromatic carbocycles. The van der Waals surface area contributed by atoms with E-state index in [9.17, 15) is 19.1 Å². The predicted octanol–water partition coefficient (Wildman–Crippen LogP) is 3.21. The minimum atomic E-state index is -1.15. The molecule has 3 aromatic heterocycles. The van der Waals surface area contributed by atoms with Gasteiger partial charge in [-0.25, -0.2) is 19.2 Å². The van der Waals surface area contributed by atoms with Gasteiger partial charge in [-0.3, -0.25) is 14.4 Å². The second-order valence-corrected chi connectivity index (χ2v) is 10.3. The van der Waals surface area contributed by atoms with E-state index < -0.39 is 18.3 Å². The van der Waals surface area contributed by atoms with Gasteiger partial charge in [0.2, 0.25) is 11.9 Å². The number of amides is 2. The van der Waals surface area contributed by atoms with Gasteiger partial charge in [0.25, 0.3) is 5.88 Å². The largest absolute Gasteiger partial charge is 0.478 e. The van der Waals surface area contributed by atoms with E-state index in [1.807, 2.05) is 23.2 Å². The molecule has 4 N–H and O–H groups in total. The van der Waals surface area contributed by atoms with Crippen LogP contribution in [0.4, 0.5) is 26.5 Å². The van der Waals surface area contributed by atoms with Crippen LogP contribution >= 0.6 is 0 Å². The van der Waals surface area contributed by atoms with Crippen molar-refractivity contribution in [2.75, 3.05) is 37.4 Å². The van der Waals surface area contributed by atoms with Gasteiger partial charge in [-0.05, 0) is 18.6 Å². The van der Waals surface area contributed by atoms with Crippen molar-refractivity contribution in [3.05, 3.63) is 42.9 Å². The molecule has 0 saturated carbocycles. The number of aromatic nitrogens is 5. The maximum atomic E-state index is 14.5. The number of fused-ring (bicyclic) bond motifs is 1. The van der Waals surface area contributed by atoms with E-state index in [-0.39, 0.29) is 31.5 Å². The van der Waals surface area contributed by atoms with Crippen LogP contribution in [0, 0.1) is 0 Å². The van der Waals surface area contributed by atoms with Crippen LogP contribution in [0.5, 0.6) is 5.88 Å². The van der Waals surface area contributed by atoms with Crippen molar-refractivity contribution in [2.24, 2.45) is 7.05 Å². The molecule has 0 aliphatic carbocycles. The number of anilines is 3. The van der Waals surface area contributed by atoms with E-state index in [0.29, 0.717) is 47.4 Å². The number of nitrogens with one attached hydrogen (secondary N) is 3. The highest BCUT2D eigenvalue weighted by molar-refractivity contribution is 6.06. The molecule has 3 atom stereocenters. The van der Waals surface area contributed by atoms with Gasteiger partial charge < -0.3 is 30.4 Å². The minimum Gasteiger partial charge on any atom is -0.478 e. The Morgan fingerprint density at radius 3 is 2.85 bits per heavy atom. The van der Waals surface area contributed by atoms with Crippen LogP contribution in [0.3, 0.4) is 0 Å². The van der Waals surface area contributed by atoms with E-state index in [1.165, 1.54) is 12.0 Å². The van der Waals surface area contributed by atoms with Crippen LogP contribution in [0.25, 0.3) is 22.2 Å². The van der Waals surface area contributed by atoms with Gasteiger partial charge >= 0.3 is 6.09 Å². The van der Waals surface area contributed by atoms with E-state index in [2.05, 4.69) is 30.7 Å². The zero-order valence-corrected chi connectivity index (χ0v) is 22.5. The lowest BCUT2D eigenvalue weighted by Gasteiger charge is -2.29. The number of likely N-dealkylation sites (tertiary alicyclic amines) is 2. The quantitative estimate of drug-likeness (QED) is 0.265. The van der Waals surface area contributed by atoms with Crippen molar-refractivity contribution in [3.63, 3.8) is 0 Å². The number of carbonyl (C=O) groups is 2. The van der Waals surface area contributed by atoms with Crippen LogP contribution in [0.2, 0.25) is 0 Å². The molecule has 0 bridgehead atoms. The van der Waals surface area contributed by atoms with E-state index >= 15 is 0 Å². The number of carboxylic acid groups (broad SMARTS) is 1. The Bertz CT molecular complexity index is 1600. The SMILES string of the molecule is COc1nn(C)cc1Nc1nccc(-c2c[nH]c3c(NC(=O)[C@H]4C[C@H](F)CN4C4CCN(C(=O)O)C4)cccc23)n1. The Morgan fingerprint density at radius 2 is 2.07 bits per heavy atom. The monoisotopic (exact) mass is 563 g/mol. The smallest absolute Gasteiger partial charge is 0.407 e. The number of ether oxygens (including phenoxy) is 1. The van der Waals surface area contributed by atoms with Crippen molar-refractivity contribution >= 4 is 40.2 Å². The molecule has 6 rings (SSSR count). The molecule has 214 valence electrons. The van der Waals surface area contributed by atoms with Gasteiger partial charge in [-0.2, -0.15) is 0 Å². The van der Waals surface area contributed by atoms with Gasteiger partial charge in [0.1, 0.15) is 11.9 Å².